The highest BCUT2D eigenvalue weighted by atomic mass is 127. The van der Waals surface area contributed by atoms with E-state index in [-0.39, 0.29) is 24.0 Å². The van der Waals surface area contributed by atoms with Crippen LogP contribution in [0.1, 0.15) is 13.3 Å². The third-order valence-corrected chi connectivity index (χ3v) is 2.84. The fourth-order valence-corrected chi connectivity index (χ4v) is 1.83. The molecule has 21 heavy (non-hydrogen) atoms. The fourth-order valence-electron chi connectivity index (χ4n) is 1.83. The number of anilines is 1. The molecule has 0 saturated carbocycles. The van der Waals surface area contributed by atoms with Crippen molar-refractivity contribution in [1.82, 2.24) is 10.3 Å². The van der Waals surface area contributed by atoms with Gasteiger partial charge in [-0.05, 0) is 24.6 Å². The molecule has 2 rings (SSSR count). The summed E-state index contributed by atoms with van der Waals surface area (Å²) in [4.78, 5) is 8.71. The summed E-state index contributed by atoms with van der Waals surface area (Å²) < 4.78 is 0. The summed E-state index contributed by atoms with van der Waals surface area (Å²) in [7, 11) is 0. The van der Waals surface area contributed by atoms with Crippen molar-refractivity contribution in [2.75, 3.05) is 25.0 Å². The van der Waals surface area contributed by atoms with Crippen molar-refractivity contribution in [2.45, 2.75) is 13.3 Å². The molecule has 0 saturated heterocycles. The molecule has 2 aromatic rings. The Kier molecular flexibility index (Phi) is 7.81. The summed E-state index contributed by atoms with van der Waals surface area (Å²) in [6.07, 6.45) is 1.00. The minimum atomic E-state index is 0. The van der Waals surface area contributed by atoms with Gasteiger partial charge in [0.25, 0.3) is 0 Å². The van der Waals surface area contributed by atoms with Gasteiger partial charge in [-0.1, -0.05) is 25.1 Å². The van der Waals surface area contributed by atoms with Gasteiger partial charge in [0.1, 0.15) is 5.82 Å². The Bertz CT molecular complexity index is 585. The summed E-state index contributed by atoms with van der Waals surface area (Å²) in [5.41, 5.74) is 6.70. The fraction of sp³-hybridized carbons (Fsp3) is 0.333. The number of halogens is 1. The lowest BCUT2D eigenvalue weighted by molar-refractivity contribution is 0.864. The van der Waals surface area contributed by atoms with Gasteiger partial charge < -0.3 is 16.4 Å². The number of aromatic nitrogens is 1. The maximum Gasteiger partial charge on any atom is 0.188 e. The highest BCUT2D eigenvalue weighted by Crippen LogP contribution is 2.13. The molecule has 6 heteroatoms. The average molecular weight is 399 g/mol. The molecule has 0 fully saturated rings. The van der Waals surface area contributed by atoms with Crippen LogP contribution in [0.2, 0.25) is 0 Å². The van der Waals surface area contributed by atoms with Gasteiger partial charge in [0.15, 0.2) is 5.96 Å². The number of hydrogen-bond acceptors (Lipinski definition) is 3. The molecule has 4 N–H and O–H groups in total. The van der Waals surface area contributed by atoms with Crippen LogP contribution in [0.5, 0.6) is 0 Å². The minimum Gasteiger partial charge on any atom is -0.370 e. The first-order valence-electron chi connectivity index (χ1n) is 6.93. The molecule has 0 atom stereocenters. The number of pyridine rings is 1. The average Bonchev–Trinajstić information content (AvgIpc) is 2.49. The van der Waals surface area contributed by atoms with Gasteiger partial charge in [-0.25, -0.2) is 4.98 Å². The van der Waals surface area contributed by atoms with Crippen molar-refractivity contribution in [3.8, 4) is 0 Å². The first kappa shape index (κ1) is 17.5. The zero-order chi connectivity index (χ0) is 14.2. The van der Waals surface area contributed by atoms with Crippen LogP contribution in [-0.2, 0) is 0 Å². The molecule has 1 aromatic carbocycles. The summed E-state index contributed by atoms with van der Waals surface area (Å²) in [5.74, 6) is 1.37. The first-order chi connectivity index (χ1) is 9.79. The van der Waals surface area contributed by atoms with Crippen molar-refractivity contribution in [3.05, 3.63) is 36.4 Å². The van der Waals surface area contributed by atoms with E-state index in [0.29, 0.717) is 12.5 Å². The Balaban J connectivity index is 0.00000220. The highest BCUT2D eigenvalue weighted by molar-refractivity contribution is 14.0. The Morgan fingerprint density at radius 3 is 2.81 bits per heavy atom. The molecule has 0 spiro atoms. The highest BCUT2D eigenvalue weighted by Gasteiger charge is 1.97. The summed E-state index contributed by atoms with van der Waals surface area (Å²) in [6, 6.07) is 12.1. The zero-order valence-corrected chi connectivity index (χ0v) is 14.5. The SMILES string of the molecule is CCCN=C(N)NCCNc1ccc2ccccc2n1.I. The van der Waals surface area contributed by atoms with Crippen LogP contribution in [0, 0.1) is 0 Å². The van der Waals surface area contributed by atoms with Crippen LogP contribution >= 0.6 is 24.0 Å². The Morgan fingerprint density at radius 1 is 1.19 bits per heavy atom. The van der Waals surface area contributed by atoms with E-state index in [1.165, 1.54) is 0 Å². The summed E-state index contributed by atoms with van der Waals surface area (Å²) in [6.45, 7) is 4.30. The van der Waals surface area contributed by atoms with E-state index < -0.39 is 0 Å². The number of hydrogen-bond donors (Lipinski definition) is 3. The van der Waals surface area contributed by atoms with Crippen LogP contribution in [0.15, 0.2) is 41.4 Å². The number of nitrogens with two attached hydrogens (primary N) is 1. The predicted octanol–water partition coefficient (Wildman–Crippen LogP) is 2.58. The van der Waals surface area contributed by atoms with E-state index in [1.807, 2.05) is 24.3 Å². The molecule has 0 aliphatic heterocycles. The van der Waals surface area contributed by atoms with Crippen LogP contribution in [0.3, 0.4) is 0 Å². The first-order valence-corrected chi connectivity index (χ1v) is 6.93. The van der Waals surface area contributed by atoms with Gasteiger partial charge >= 0.3 is 0 Å². The van der Waals surface area contributed by atoms with Gasteiger partial charge in [-0.15, -0.1) is 24.0 Å². The number of benzene rings is 1. The minimum absolute atomic E-state index is 0. The van der Waals surface area contributed by atoms with Crippen molar-refractivity contribution in [1.29, 1.82) is 0 Å². The molecule has 0 radical (unpaired) electrons. The quantitative estimate of drug-likeness (QED) is 0.302. The van der Waals surface area contributed by atoms with Crippen molar-refractivity contribution in [3.63, 3.8) is 0 Å². The monoisotopic (exact) mass is 399 g/mol. The zero-order valence-electron chi connectivity index (χ0n) is 12.2. The molecular formula is C15H22IN5. The van der Waals surface area contributed by atoms with E-state index in [0.717, 1.165) is 36.2 Å². The molecule has 1 heterocycles. The van der Waals surface area contributed by atoms with E-state index in [4.69, 9.17) is 5.73 Å². The van der Waals surface area contributed by atoms with Crippen molar-refractivity contribution >= 4 is 46.7 Å². The maximum atomic E-state index is 5.71. The number of para-hydroxylation sites is 1. The van der Waals surface area contributed by atoms with Gasteiger partial charge in [0.2, 0.25) is 0 Å². The molecule has 0 aliphatic rings. The van der Waals surface area contributed by atoms with E-state index in [2.05, 4.69) is 39.7 Å². The molecule has 5 nitrogen and oxygen atoms in total. The largest absolute Gasteiger partial charge is 0.370 e. The topological polar surface area (TPSA) is 75.3 Å². The van der Waals surface area contributed by atoms with E-state index in [9.17, 15) is 0 Å². The van der Waals surface area contributed by atoms with Crippen LogP contribution in [-0.4, -0.2) is 30.6 Å². The summed E-state index contributed by atoms with van der Waals surface area (Å²) >= 11 is 0. The lowest BCUT2D eigenvalue weighted by atomic mass is 10.2. The molecule has 114 valence electrons. The third kappa shape index (κ3) is 5.74. The molecule has 0 bridgehead atoms. The maximum absolute atomic E-state index is 5.71. The Labute approximate surface area is 142 Å². The van der Waals surface area contributed by atoms with Crippen molar-refractivity contribution in [2.24, 2.45) is 10.7 Å². The second-order valence-corrected chi connectivity index (χ2v) is 4.51. The number of fused-ring (bicyclic) bond motifs is 1. The second kappa shape index (κ2) is 9.38. The smallest absolute Gasteiger partial charge is 0.188 e. The van der Waals surface area contributed by atoms with Crippen LogP contribution < -0.4 is 16.4 Å². The van der Waals surface area contributed by atoms with E-state index in [1.54, 1.807) is 0 Å². The van der Waals surface area contributed by atoms with Crippen LogP contribution in [0.25, 0.3) is 10.9 Å². The van der Waals surface area contributed by atoms with Gasteiger partial charge in [-0.2, -0.15) is 0 Å². The molecule has 1 aromatic heterocycles. The number of rotatable bonds is 6. The molecule has 0 aliphatic carbocycles. The van der Waals surface area contributed by atoms with Gasteiger partial charge in [0.05, 0.1) is 5.52 Å². The third-order valence-electron chi connectivity index (χ3n) is 2.84. The lowest BCUT2D eigenvalue weighted by Crippen LogP contribution is -2.35. The molecule has 0 unspecified atom stereocenters. The molecule has 0 amide bonds. The summed E-state index contributed by atoms with van der Waals surface area (Å²) in [5, 5.41) is 7.47. The normalized spacial score (nSPS) is 11.0. The Hall–Kier alpha value is -1.57. The van der Waals surface area contributed by atoms with E-state index >= 15 is 0 Å². The number of guanidine groups is 1. The predicted molar refractivity (Wildman–Crippen MR) is 100 cm³/mol. The molecular weight excluding hydrogens is 377 g/mol. The second-order valence-electron chi connectivity index (χ2n) is 4.51. The number of nitrogens with zero attached hydrogens (tertiary/aromatic N) is 2. The number of aliphatic imine (C=N–C) groups is 1. The van der Waals surface area contributed by atoms with Crippen LogP contribution in [0.4, 0.5) is 5.82 Å². The Morgan fingerprint density at radius 2 is 2.00 bits per heavy atom. The van der Waals surface area contributed by atoms with Gasteiger partial charge in [0, 0.05) is 25.0 Å². The standard InChI is InChI=1S/C15H21N5.HI/c1-2-9-18-15(16)19-11-10-17-14-8-7-12-5-3-4-6-13(12)20-14;/h3-8H,2,9-11H2,1H3,(H,17,20)(H3,16,18,19);1H. The van der Waals surface area contributed by atoms with Crippen molar-refractivity contribution < 1.29 is 0 Å². The van der Waals surface area contributed by atoms with Gasteiger partial charge in [-0.3, -0.25) is 4.99 Å². The number of nitrogens with one attached hydrogen (secondary N) is 2. The lowest BCUT2D eigenvalue weighted by Gasteiger charge is -2.08.